The molecule has 4 rings (SSSR count). The first kappa shape index (κ1) is 29.5. The number of hydrogen-bond acceptors (Lipinski definition) is 8. The third-order valence-electron chi connectivity index (χ3n) is 6.44. The van der Waals surface area contributed by atoms with Crippen molar-refractivity contribution in [2.24, 2.45) is 0 Å². The lowest BCUT2D eigenvalue weighted by Crippen LogP contribution is -2.13. The van der Waals surface area contributed by atoms with Gasteiger partial charge in [-0.05, 0) is 72.2 Å². The number of rotatable bonds is 13. The molecule has 1 aliphatic carbocycles. The molecule has 2 aliphatic rings. The Hall–Kier alpha value is -3.53. The number of phenolic OH excluding ortho intramolecular Hbond substituents is 1. The second-order valence-corrected chi connectivity index (χ2v) is 12.1. The molecule has 0 aromatic heterocycles. The summed E-state index contributed by atoms with van der Waals surface area (Å²) in [6, 6.07) is 14.0. The third kappa shape index (κ3) is 6.96. The SMILES string of the molecule is C=C(NCCCCCCOP(O)(=S)OC)c1ccc(C(=O)O)c(-c2c3ccc(=O)cc-3oc3cc(O)ccc23)c1. The standard InChI is InChI=1S/C29H30NO8PS/c1-18(30-13-5-3-4-6-14-37-39(35,40)36-2)19-7-10-22(29(33)34)25(15-19)28-23-11-8-20(31)16-26(23)38-27-17-21(32)9-12-24(27)28/h7-12,15-17,30-31H,1,3-6,13-14H2,2H3,(H,33,34)(H,35,40). The molecule has 1 atom stereocenters. The number of aromatic carboxylic acids is 1. The number of nitrogens with one attached hydrogen (secondary N) is 1. The molecule has 0 fully saturated rings. The molecule has 1 heterocycles. The van der Waals surface area contributed by atoms with E-state index in [-0.39, 0.29) is 22.5 Å². The van der Waals surface area contributed by atoms with Gasteiger partial charge in [-0.15, -0.1) is 0 Å². The Balaban J connectivity index is 1.56. The Kier molecular flexibility index (Phi) is 9.40. The summed E-state index contributed by atoms with van der Waals surface area (Å²) in [7, 11) is 1.33. The van der Waals surface area contributed by atoms with Crippen LogP contribution in [0.4, 0.5) is 0 Å². The van der Waals surface area contributed by atoms with Gasteiger partial charge in [-0.25, -0.2) is 4.79 Å². The van der Waals surface area contributed by atoms with E-state index in [1.165, 1.54) is 37.4 Å². The van der Waals surface area contributed by atoms with Crippen molar-refractivity contribution in [3.05, 3.63) is 82.5 Å². The van der Waals surface area contributed by atoms with Gasteiger partial charge in [-0.1, -0.05) is 25.5 Å². The summed E-state index contributed by atoms with van der Waals surface area (Å²) < 4.78 is 15.8. The third-order valence-corrected chi connectivity index (χ3v) is 8.17. The van der Waals surface area contributed by atoms with Gasteiger partial charge in [-0.3, -0.25) is 4.79 Å². The topological polar surface area (TPSA) is 138 Å². The summed E-state index contributed by atoms with van der Waals surface area (Å²) in [6.45, 7) is 2.04. The van der Waals surface area contributed by atoms with Crippen molar-refractivity contribution < 1.29 is 33.4 Å². The summed E-state index contributed by atoms with van der Waals surface area (Å²) in [6.07, 6.45) is 3.44. The maximum absolute atomic E-state index is 12.3. The first-order valence-corrected chi connectivity index (χ1v) is 15.2. The lowest BCUT2D eigenvalue weighted by atomic mass is 9.89. The van der Waals surface area contributed by atoms with Gasteiger partial charge < -0.3 is 33.9 Å². The molecule has 2 aromatic carbocycles. The van der Waals surface area contributed by atoms with Crippen molar-refractivity contribution in [1.82, 2.24) is 5.32 Å². The Morgan fingerprint density at radius 1 is 1.05 bits per heavy atom. The average Bonchev–Trinajstić information content (AvgIpc) is 2.92. The van der Waals surface area contributed by atoms with Crippen molar-refractivity contribution in [1.29, 1.82) is 0 Å². The first-order chi connectivity index (χ1) is 19.1. The zero-order valence-corrected chi connectivity index (χ0v) is 23.6. The van der Waals surface area contributed by atoms with Crippen molar-refractivity contribution in [3.8, 4) is 28.2 Å². The van der Waals surface area contributed by atoms with Gasteiger partial charge in [-0.2, -0.15) is 0 Å². The van der Waals surface area contributed by atoms with Crippen molar-refractivity contribution in [3.63, 3.8) is 0 Å². The average molecular weight is 584 g/mol. The Labute approximate surface area is 236 Å². The van der Waals surface area contributed by atoms with E-state index >= 15 is 0 Å². The lowest BCUT2D eigenvalue weighted by Gasteiger charge is -2.18. The quantitative estimate of drug-likeness (QED) is 0.0846. The number of benzene rings is 3. The minimum absolute atomic E-state index is 0.0181. The second kappa shape index (κ2) is 12.8. The van der Waals surface area contributed by atoms with Crippen LogP contribution in [0.1, 0.15) is 41.6 Å². The number of carbonyl (C=O) groups is 1. The molecular formula is C29H30NO8PS. The van der Waals surface area contributed by atoms with E-state index in [9.17, 15) is 24.7 Å². The van der Waals surface area contributed by atoms with E-state index < -0.39 is 12.7 Å². The minimum Gasteiger partial charge on any atom is -0.508 e. The van der Waals surface area contributed by atoms with Gasteiger partial charge in [0.2, 0.25) is 0 Å². The number of hydrogen-bond donors (Lipinski definition) is 4. The molecule has 9 nitrogen and oxygen atoms in total. The largest absolute Gasteiger partial charge is 0.508 e. The molecule has 0 bridgehead atoms. The molecule has 2 aromatic rings. The van der Waals surface area contributed by atoms with Crippen LogP contribution in [0.5, 0.6) is 5.75 Å². The van der Waals surface area contributed by atoms with E-state index in [0.29, 0.717) is 52.1 Å². The van der Waals surface area contributed by atoms with Crippen LogP contribution in [-0.2, 0) is 20.9 Å². The van der Waals surface area contributed by atoms with Crippen molar-refractivity contribution in [2.45, 2.75) is 25.7 Å². The van der Waals surface area contributed by atoms with Crippen LogP contribution in [0, 0.1) is 0 Å². The summed E-state index contributed by atoms with van der Waals surface area (Å²) >= 11 is 4.80. The molecule has 0 radical (unpaired) electrons. The Bertz CT molecular complexity index is 1630. The Morgan fingerprint density at radius 3 is 2.58 bits per heavy atom. The molecule has 0 saturated heterocycles. The number of carboxylic acids is 1. The fraction of sp³-hybridized carbons (Fsp3) is 0.241. The number of aromatic hydroxyl groups is 1. The van der Waals surface area contributed by atoms with Crippen molar-refractivity contribution >= 4 is 41.2 Å². The molecule has 210 valence electrons. The minimum atomic E-state index is -3.11. The second-order valence-electron chi connectivity index (χ2n) is 9.18. The van der Waals surface area contributed by atoms with Gasteiger partial charge in [0.05, 0.1) is 12.2 Å². The first-order valence-electron chi connectivity index (χ1n) is 12.6. The van der Waals surface area contributed by atoms with Crippen molar-refractivity contribution in [2.75, 3.05) is 20.3 Å². The van der Waals surface area contributed by atoms with E-state index in [2.05, 4.69) is 11.9 Å². The van der Waals surface area contributed by atoms with Gasteiger partial charge in [0.25, 0.3) is 0 Å². The number of carboxylic acid groups (broad SMARTS) is 1. The summed E-state index contributed by atoms with van der Waals surface area (Å²) in [5.41, 5.74) is 3.07. The fourth-order valence-electron chi connectivity index (χ4n) is 4.43. The molecule has 11 heteroatoms. The zero-order valence-electron chi connectivity index (χ0n) is 21.9. The normalized spacial score (nSPS) is 12.8. The maximum Gasteiger partial charge on any atom is 0.336 e. The van der Waals surface area contributed by atoms with Crippen LogP contribution in [0.15, 0.2) is 70.4 Å². The van der Waals surface area contributed by atoms with Gasteiger partial charge >= 0.3 is 12.7 Å². The summed E-state index contributed by atoms with van der Waals surface area (Å²) in [4.78, 5) is 33.9. The van der Waals surface area contributed by atoms with Gasteiger partial charge in [0, 0.05) is 48.0 Å². The van der Waals surface area contributed by atoms with Crippen LogP contribution in [0.3, 0.4) is 0 Å². The highest BCUT2D eigenvalue weighted by molar-refractivity contribution is 8.07. The van der Waals surface area contributed by atoms with Gasteiger partial charge in [0.15, 0.2) is 5.43 Å². The van der Waals surface area contributed by atoms with Crippen LogP contribution >= 0.6 is 6.72 Å². The highest BCUT2D eigenvalue weighted by Crippen LogP contribution is 2.43. The van der Waals surface area contributed by atoms with E-state index in [4.69, 9.17) is 25.3 Å². The van der Waals surface area contributed by atoms with Crippen LogP contribution in [-0.4, -0.2) is 41.3 Å². The molecular weight excluding hydrogens is 553 g/mol. The highest BCUT2D eigenvalue weighted by atomic mass is 32.5. The Morgan fingerprint density at radius 2 is 1.82 bits per heavy atom. The molecule has 0 saturated carbocycles. The zero-order chi connectivity index (χ0) is 28.9. The van der Waals surface area contributed by atoms with Crippen LogP contribution < -0.4 is 10.7 Å². The van der Waals surface area contributed by atoms with E-state index in [1.807, 2.05) is 0 Å². The molecule has 1 unspecified atom stereocenters. The summed E-state index contributed by atoms with van der Waals surface area (Å²) in [5.74, 6) is -0.839. The molecule has 1 aliphatic heterocycles. The number of phenols is 1. The highest BCUT2D eigenvalue weighted by Gasteiger charge is 2.22. The molecule has 0 spiro atoms. The number of fused-ring (bicyclic) bond motifs is 2. The lowest BCUT2D eigenvalue weighted by molar-refractivity contribution is 0.0697. The van der Waals surface area contributed by atoms with E-state index in [1.54, 1.807) is 24.3 Å². The monoisotopic (exact) mass is 583 g/mol. The molecule has 4 N–H and O–H groups in total. The predicted octanol–water partition coefficient (Wildman–Crippen LogP) is 5.97. The van der Waals surface area contributed by atoms with Gasteiger partial charge in [0.1, 0.15) is 17.1 Å². The predicted molar refractivity (Wildman–Crippen MR) is 158 cm³/mol. The van der Waals surface area contributed by atoms with Crippen LogP contribution in [0.2, 0.25) is 0 Å². The number of unbranched alkanes of at least 4 members (excludes halogenated alkanes) is 3. The van der Waals surface area contributed by atoms with Crippen LogP contribution in [0.25, 0.3) is 39.1 Å². The smallest absolute Gasteiger partial charge is 0.336 e. The molecule has 0 amide bonds. The van der Waals surface area contributed by atoms with E-state index in [0.717, 1.165) is 25.7 Å². The molecule has 40 heavy (non-hydrogen) atoms. The fourth-order valence-corrected chi connectivity index (χ4v) is 5.12. The summed E-state index contributed by atoms with van der Waals surface area (Å²) in [5, 5.41) is 23.9. The maximum atomic E-state index is 12.3.